The molecule has 2 rings (SSSR count). The van der Waals surface area contributed by atoms with Gasteiger partial charge < -0.3 is 11.1 Å². The Morgan fingerprint density at radius 3 is 2.93 bits per heavy atom. The number of amides is 2. The van der Waals surface area contributed by atoms with Gasteiger partial charge in [-0.2, -0.15) is 0 Å². The highest BCUT2D eigenvalue weighted by Gasteiger charge is 2.30. The van der Waals surface area contributed by atoms with Crippen molar-refractivity contribution >= 4 is 11.8 Å². The molecule has 0 aromatic heterocycles. The van der Waals surface area contributed by atoms with Crippen molar-refractivity contribution in [3.8, 4) is 0 Å². The minimum atomic E-state index is -0.581. The predicted octanol–water partition coefficient (Wildman–Crippen LogP) is -1.56. The molecule has 4 N–H and O–H groups in total. The summed E-state index contributed by atoms with van der Waals surface area (Å²) in [5, 5.41) is 2.61. The van der Waals surface area contributed by atoms with Crippen molar-refractivity contribution < 1.29 is 14.4 Å². The third-order valence-corrected chi connectivity index (χ3v) is 2.51. The first-order chi connectivity index (χ1) is 7.16. The molecule has 0 bridgehead atoms. The van der Waals surface area contributed by atoms with E-state index < -0.39 is 6.04 Å². The number of carbonyl (C=O) groups excluding carboxylic acids is 2. The number of nitrogens with one attached hydrogen (secondary N) is 2. The van der Waals surface area contributed by atoms with E-state index in [9.17, 15) is 9.59 Å². The van der Waals surface area contributed by atoms with E-state index in [1.807, 2.05) is 0 Å². The van der Waals surface area contributed by atoms with Crippen LogP contribution < -0.4 is 16.5 Å². The van der Waals surface area contributed by atoms with Gasteiger partial charge in [-0.05, 0) is 6.42 Å². The van der Waals surface area contributed by atoms with E-state index >= 15 is 0 Å². The molecular weight excluding hydrogens is 198 g/mol. The Balaban J connectivity index is 1.87. The topological polar surface area (TPSA) is 93.5 Å². The molecule has 2 unspecified atom stereocenters. The standard InChI is InChI=1S/C9H13N3O3/c10-6-2-1-5(3-6)8(13)11-7-4-15-12-9(7)14/h1-2,5-7H,3-4,10H2,(H,11,13)(H,12,14)/t5?,6?,7-/m1/s1. The second-order valence-electron chi connectivity index (χ2n) is 3.73. The highest BCUT2D eigenvalue weighted by molar-refractivity contribution is 5.89. The molecule has 15 heavy (non-hydrogen) atoms. The zero-order valence-electron chi connectivity index (χ0n) is 8.10. The van der Waals surface area contributed by atoms with E-state index in [-0.39, 0.29) is 30.4 Å². The first-order valence-corrected chi connectivity index (χ1v) is 4.83. The Kier molecular flexibility index (Phi) is 2.70. The summed E-state index contributed by atoms with van der Waals surface area (Å²) in [6.45, 7) is 0.174. The molecule has 0 aromatic carbocycles. The van der Waals surface area contributed by atoms with Crippen molar-refractivity contribution in [2.45, 2.75) is 18.5 Å². The fourth-order valence-electron chi connectivity index (χ4n) is 1.65. The summed E-state index contributed by atoms with van der Waals surface area (Å²) >= 11 is 0. The minimum absolute atomic E-state index is 0.0607. The first kappa shape index (κ1) is 10.1. The van der Waals surface area contributed by atoms with Gasteiger partial charge in [-0.3, -0.25) is 14.4 Å². The van der Waals surface area contributed by atoms with Crippen molar-refractivity contribution in [2.75, 3.05) is 6.61 Å². The average Bonchev–Trinajstić information content (AvgIpc) is 2.77. The molecular formula is C9H13N3O3. The molecule has 1 aliphatic heterocycles. The van der Waals surface area contributed by atoms with Crippen molar-refractivity contribution in [1.29, 1.82) is 0 Å². The van der Waals surface area contributed by atoms with Crippen LogP contribution in [0.15, 0.2) is 12.2 Å². The van der Waals surface area contributed by atoms with Crippen molar-refractivity contribution in [2.24, 2.45) is 11.7 Å². The third-order valence-electron chi connectivity index (χ3n) is 2.51. The molecule has 0 radical (unpaired) electrons. The van der Waals surface area contributed by atoms with Gasteiger partial charge in [0.15, 0.2) is 0 Å². The summed E-state index contributed by atoms with van der Waals surface area (Å²) in [5.74, 6) is -0.715. The molecule has 6 heteroatoms. The second-order valence-corrected chi connectivity index (χ2v) is 3.73. The van der Waals surface area contributed by atoms with Crippen LogP contribution in [0.4, 0.5) is 0 Å². The van der Waals surface area contributed by atoms with Crippen LogP contribution in [0.25, 0.3) is 0 Å². The van der Waals surface area contributed by atoms with Gasteiger partial charge in [-0.1, -0.05) is 12.2 Å². The lowest BCUT2D eigenvalue weighted by molar-refractivity contribution is -0.129. The third kappa shape index (κ3) is 2.16. The van der Waals surface area contributed by atoms with Crippen LogP contribution in [0, 0.1) is 5.92 Å². The Morgan fingerprint density at radius 1 is 1.60 bits per heavy atom. The molecule has 0 spiro atoms. The molecule has 1 aliphatic carbocycles. The van der Waals surface area contributed by atoms with Gasteiger partial charge in [0, 0.05) is 6.04 Å². The van der Waals surface area contributed by atoms with Gasteiger partial charge in [0.2, 0.25) is 5.91 Å². The van der Waals surface area contributed by atoms with E-state index in [1.165, 1.54) is 0 Å². The van der Waals surface area contributed by atoms with E-state index in [0.717, 1.165) is 0 Å². The monoisotopic (exact) mass is 211 g/mol. The van der Waals surface area contributed by atoms with Gasteiger partial charge in [-0.15, -0.1) is 0 Å². The van der Waals surface area contributed by atoms with E-state index in [1.54, 1.807) is 12.2 Å². The normalized spacial score (nSPS) is 34.2. The SMILES string of the molecule is NC1C=CC(C(=O)N[C@@H]2CONC2=O)C1. The lowest BCUT2D eigenvalue weighted by Gasteiger charge is -2.12. The Hall–Kier alpha value is -1.40. The molecule has 3 atom stereocenters. The molecule has 2 aliphatic rings. The van der Waals surface area contributed by atoms with Crippen LogP contribution in [0.2, 0.25) is 0 Å². The van der Waals surface area contributed by atoms with Crippen LogP contribution in [0.1, 0.15) is 6.42 Å². The molecule has 2 amide bonds. The van der Waals surface area contributed by atoms with E-state index in [4.69, 9.17) is 10.6 Å². The maximum Gasteiger partial charge on any atom is 0.268 e. The number of hydrogen-bond acceptors (Lipinski definition) is 4. The van der Waals surface area contributed by atoms with Crippen molar-refractivity contribution in [3.05, 3.63) is 12.2 Å². The minimum Gasteiger partial charge on any atom is -0.342 e. The number of hydroxylamine groups is 1. The number of nitrogens with two attached hydrogens (primary N) is 1. The molecule has 0 aromatic rings. The van der Waals surface area contributed by atoms with Crippen molar-refractivity contribution in [1.82, 2.24) is 10.8 Å². The summed E-state index contributed by atoms with van der Waals surface area (Å²) in [5.41, 5.74) is 7.81. The second kappa shape index (κ2) is 4.00. The number of carbonyl (C=O) groups is 2. The van der Waals surface area contributed by atoms with Crippen molar-refractivity contribution in [3.63, 3.8) is 0 Å². The van der Waals surface area contributed by atoms with E-state index in [2.05, 4.69) is 10.8 Å². The smallest absolute Gasteiger partial charge is 0.268 e. The lowest BCUT2D eigenvalue weighted by Crippen LogP contribution is -2.44. The summed E-state index contributed by atoms with van der Waals surface area (Å²) in [7, 11) is 0. The zero-order chi connectivity index (χ0) is 10.8. The fraction of sp³-hybridized carbons (Fsp3) is 0.556. The van der Waals surface area contributed by atoms with Gasteiger partial charge in [0.1, 0.15) is 12.6 Å². The summed E-state index contributed by atoms with van der Waals surface area (Å²) in [6.07, 6.45) is 4.17. The van der Waals surface area contributed by atoms with Crippen LogP contribution in [0.3, 0.4) is 0 Å². The number of rotatable bonds is 2. The predicted molar refractivity (Wildman–Crippen MR) is 51.2 cm³/mol. The van der Waals surface area contributed by atoms with Crippen LogP contribution in [0.5, 0.6) is 0 Å². The number of hydrogen-bond donors (Lipinski definition) is 3. The Morgan fingerprint density at radius 2 is 2.40 bits per heavy atom. The zero-order valence-corrected chi connectivity index (χ0v) is 8.10. The quantitative estimate of drug-likeness (QED) is 0.481. The molecule has 82 valence electrons. The highest BCUT2D eigenvalue weighted by atomic mass is 16.7. The highest BCUT2D eigenvalue weighted by Crippen LogP contribution is 2.16. The maximum absolute atomic E-state index is 11.6. The Labute approximate surface area is 86.8 Å². The molecule has 1 fully saturated rings. The molecule has 6 nitrogen and oxygen atoms in total. The first-order valence-electron chi connectivity index (χ1n) is 4.83. The largest absolute Gasteiger partial charge is 0.342 e. The van der Waals surface area contributed by atoms with Gasteiger partial charge in [0.25, 0.3) is 5.91 Å². The Bertz CT molecular complexity index is 316. The average molecular weight is 211 g/mol. The molecule has 0 saturated carbocycles. The van der Waals surface area contributed by atoms with Crippen LogP contribution >= 0.6 is 0 Å². The fourth-order valence-corrected chi connectivity index (χ4v) is 1.65. The summed E-state index contributed by atoms with van der Waals surface area (Å²) in [6, 6.07) is -0.642. The maximum atomic E-state index is 11.6. The summed E-state index contributed by atoms with van der Waals surface area (Å²) in [4.78, 5) is 27.4. The van der Waals surface area contributed by atoms with E-state index in [0.29, 0.717) is 6.42 Å². The molecule has 1 saturated heterocycles. The summed E-state index contributed by atoms with van der Waals surface area (Å²) < 4.78 is 0. The molecule has 1 heterocycles. The van der Waals surface area contributed by atoms with Crippen LogP contribution in [-0.2, 0) is 14.4 Å². The van der Waals surface area contributed by atoms with Crippen LogP contribution in [-0.4, -0.2) is 30.5 Å². The van der Waals surface area contributed by atoms with Gasteiger partial charge in [-0.25, -0.2) is 5.48 Å². The van der Waals surface area contributed by atoms with Gasteiger partial charge in [0.05, 0.1) is 5.92 Å². The lowest BCUT2D eigenvalue weighted by atomic mass is 10.1. The van der Waals surface area contributed by atoms with Gasteiger partial charge >= 0.3 is 0 Å².